The van der Waals surface area contributed by atoms with E-state index < -0.39 is 0 Å². The lowest BCUT2D eigenvalue weighted by molar-refractivity contribution is -0.140. The van der Waals surface area contributed by atoms with Gasteiger partial charge in [0.15, 0.2) is 5.17 Å². The molecule has 172 valence electrons. The maximum absolute atomic E-state index is 13.3. The average Bonchev–Trinajstić information content (AvgIpc) is 3.15. The second kappa shape index (κ2) is 9.94. The van der Waals surface area contributed by atoms with Gasteiger partial charge in [0.1, 0.15) is 6.61 Å². The van der Waals surface area contributed by atoms with Crippen LogP contribution in [-0.4, -0.2) is 48.2 Å². The van der Waals surface area contributed by atoms with Gasteiger partial charge in [0, 0.05) is 23.2 Å². The zero-order chi connectivity index (χ0) is 23.7. The minimum absolute atomic E-state index is 0.310. The van der Waals surface area contributed by atoms with E-state index in [4.69, 9.17) is 32.9 Å². The maximum atomic E-state index is 13.3. The van der Waals surface area contributed by atoms with Gasteiger partial charge in [-0.2, -0.15) is 0 Å². The van der Waals surface area contributed by atoms with Gasteiger partial charge in [0.2, 0.25) is 0 Å². The number of fused-ring (bicyclic) bond motifs is 1. The molecule has 0 aliphatic carbocycles. The van der Waals surface area contributed by atoms with Gasteiger partial charge < -0.3 is 14.5 Å². The number of carbonyl (C=O) groups excluding carboxylic acids is 1. The monoisotopic (exact) mass is 501 g/mol. The molecule has 0 N–H and O–H groups in total. The van der Waals surface area contributed by atoms with E-state index in [-0.39, 0.29) is 12.0 Å². The minimum atomic E-state index is -0.364. The topological polar surface area (TPSA) is 45.1 Å². The molecule has 0 spiro atoms. The molecule has 2 aromatic carbocycles. The fourth-order valence-corrected chi connectivity index (χ4v) is 5.71. The number of rotatable bonds is 6. The molecule has 2 aliphatic heterocycles. The van der Waals surface area contributed by atoms with Crippen LogP contribution < -0.4 is 0 Å². The number of thioether (sulfide) groups is 1. The summed E-state index contributed by atoms with van der Waals surface area (Å²) in [4.78, 5) is 22.9. The molecule has 33 heavy (non-hydrogen) atoms. The standard InChI is InChI=1S/C25H25Cl2N3O2S/c1-15-8-5-6-9-17(15)23-21(24(31)32-13-12-29(3)4)16(2)28-25-30(23)14-20(33-25)22-18(26)10-7-11-19(22)27/h5-11,14,23H,12-13H2,1-4H3. The Balaban J connectivity index is 1.78. The highest BCUT2D eigenvalue weighted by Gasteiger charge is 2.40. The van der Waals surface area contributed by atoms with Crippen molar-refractivity contribution < 1.29 is 9.53 Å². The average molecular weight is 502 g/mol. The number of hydrogen-bond acceptors (Lipinski definition) is 6. The van der Waals surface area contributed by atoms with Crippen LogP contribution in [0, 0.1) is 6.92 Å². The molecule has 0 saturated heterocycles. The van der Waals surface area contributed by atoms with Gasteiger partial charge in [-0.25, -0.2) is 9.79 Å². The van der Waals surface area contributed by atoms with E-state index in [1.807, 2.05) is 86.4 Å². The van der Waals surface area contributed by atoms with Crippen molar-refractivity contribution in [3.8, 4) is 0 Å². The van der Waals surface area contributed by atoms with E-state index in [1.165, 1.54) is 11.8 Å². The van der Waals surface area contributed by atoms with E-state index in [9.17, 15) is 4.79 Å². The molecule has 2 aromatic rings. The third-order valence-electron chi connectivity index (χ3n) is 5.57. The Morgan fingerprint density at radius 3 is 2.48 bits per heavy atom. The number of carbonyl (C=O) groups is 1. The SMILES string of the molecule is CC1=C(C(=O)OCCN(C)C)C(c2ccccc2C)N2C=C(c3c(Cl)cccc3Cl)SC2=N1. The lowest BCUT2D eigenvalue weighted by atomic mass is 9.92. The van der Waals surface area contributed by atoms with Crippen LogP contribution >= 0.6 is 35.0 Å². The summed E-state index contributed by atoms with van der Waals surface area (Å²) in [6.45, 7) is 4.87. The highest BCUT2D eigenvalue weighted by molar-refractivity contribution is 8.22. The summed E-state index contributed by atoms with van der Waals surface area (Å²) < 4.78 is 5.65. The van der Waals surface area contributed by atoms with Crippen molar-refractivity contribution in [3.05, 3.63) is 86.7 Å². The Morgan fingerprint density at radius 1 is 1.12 bits per heavy atom. The van der Waals surface area contributed by atoms with Crippen LogP contribution in [0.3, 0.4) is 0 Å². The van der Waals surface area contributed by atoms with Gasteiger partial charge in [-0.1, -0.05) is 53.5 Å². The number of hydrogen-bond donors (Lipinski definition) is 0. The van der Waals surface area contributed by atoms with Gasteiger partial charge in [-0.05, 0) is 63.0 Å². The summed E-state index contributed by atoms with van der Waals surface area (Å²) in [5.41, 5.74) is 4.05. The van der Waals surface area contributed by atoms with Crippen molar-refractivity contribution in [2.75, 3.05) is 27.2 Å². The predicted molar refractivity (Wildman–Crippen MR) is 137 cm³/mol. The van der Waals surface area contributed by atoms with Gasteiger partial charge >= 0.3 is 5.97 Å². The van der Waals surface area contributed by atoms with E-state index in [0.29, 0.717) is 34.5 Å². The van der Waals surface area contributed by atoms with Crippen LogP contribution in [0.15, 0.2) is 64.9 Å². The Morgan fingerprint density at radius 2 is 1.82 bits per heavy atom. The molecule has 0 amide bonds. The molecule has 0 saturated carbocycles. The Hall–Kier alpha value is -2.25. The molecular weight excluding hydrogens is 477 g/mol. The van der Waals surface area contributed by atoms with Crippen molar-refractivity contribution in [1.82, 2.24) is 9.80 Å². The smallest absolute Gasteiger partial charge is 0.338 e. The van der Waals surface area contributed by atoms with Crippen LogP contribution in [0.1, 0.15) is 29.7 Å². The van der Waals surface area contributed by atoms with Crippen LogP contribution in [0.5, 0.6) is 0 Å². The molecule has 5 nitrogen and oxygen atoms in total. The number of aryl methyl sites for hydroxylation is 1. The largest absolute Gasteiger partial charge is 0.461 e. The molecule has 4 rings (SSSR count). The second-order valence-electron chi connectivity index (χ2n) is 8.19. The third kappa shape index (κ3) is 4.85. The number of esters is 1. The zero-order valence-electron chi connectivity index (χ0n) is 18.9. The third-order valence-corrected chi connectivity index (χ3v) is 7.21. The molecule has 1 unspecified atom stereocenters. The van der Waals surface area contributed by atoms with Crippen LogP contribution in [0.25, 0.3) is 4.91 Å². The van der Waals surface area contributed by atoms with E-state index in [1.54, 1.807) is 0 Å². The second-order valence-corrected chi connectivity index (χ2v) is 10.0. The molecule has 0 bridgehead atoms. The maximum Gasteiger partial charge on any atom is 0.338 e. The van der Waals surface area contributed by atoms with Crippen molar-refractivity contribution in [2.24, 2.45) is 4.99 Å². The lowest BCUT2D eigenvalue weighted by Crippen LogP contribution is -2.35. The molecule has 8 heteroatoms. The van der Waals surface area contributed by atoms with Gasteiger partial charge in [0.25, 0.3) is 0 Å². The van der Waals surface area contributed by atoms with Crippen LogP contribution in [0.2, 0.25) is 10.0 Å². The summed E-state index contributed by atoms with van der Waals surface area (Å²) in [5.74, 6) is -0.354. The number of amidine groups is 1. The summed E-state index contributed by atoms with van der Waals surface area (Å²) in [6.07, 6.45) is 1.98. The van der Waals surface area contributed by atoms with E-state index in [2.05, 4.69) is 0 Å². The summed E-state index contributed by atoms with van der Waals surface area (Å²) in [7, 11) is 3.89. The molecule has 2 aliphatic rings. The molecular formula is C25H25Cl2N3O2S. The number of benzene rings is 2. The Labute approximate surface area is 208 Å². The predicted octanol–water partition coefficient (Wildman–Crippen LogP) is 6.14. The highest BCUT2D eigenvalue weighted by Crippen LogP contribution is 2.49. The van der Waals surface area contributed by atoms with E-state index >= 15 is 0 Å². The Bertz CT molecular complexity index is 1170. The lowest BCUT2D eigenvalue weighted by Gasteiger charge is -2.34. The molecule has 2 heterocycles. The fraction of sp³-hybridized carbons (Fsp3) is 0.280. The first-order valence-corrected chi connectivity index (χ1v) is 12.1. The van der Waals surface area contributed by atoms with Crippen molar-refractivity contribution in [2.45, 2.75) is 19.9 Å². The molecule has 0 radical (unpaired) electrons. The first kappa shape index (κ1) is 23.9. The highest BCUT2D eigenvalue weighted by atomic mass is 35.5. The number of nitrogens with zero attached hydrogens (tertiary/aromatic N) is 3. The van der Waals surface area contributed by atoms with Gasteiger partial charge in [-0.3, -0.25) is 0 Å². The number of allylic oxidation sites excluding steroid dienone is 1. The van der Waals surface area contributed by atoms with Gasteiger partial charge in [0.05, 0.1) is 27.4 Å². The normalized spacial score (nSPS) is 17.8. The Kier molecular flexibility index (Phi) is 7.19. The summed E-state index contributed by atoms with van der Waals surface area (Å²) in [6, 6.07) is 13.2. The first-order valence-electron chi connectivity index (χ1n) is 10.6. The van der Waals surface area contributed by atoms with Gasteiger partial charge in [-0.15, -0.1) is 0 Å². The van der Waals surface area contributed by atoms with Crippen LogP contribution in [-0.2, 0) is 9.53 Å². The van der Waals surface area contributed by atoms with Crippen molar-refractivity contribution >= 4 is 51.0 Å². The summed E-state index contributed by atoms with van der Waals surface area (Å²) in [5, 5.41) is 1.92. The molecule has 0 aromatic heterocycles. The first-order chi connectivity index (χ1) is 15.8. The van der Waals surface area contributed by atoms with E-state index in [0.717, 1.165) is 26.8 Å². The minimum Gasteiger partial charge on any atom is -0.461 e. The molecule has 1 atom stereocenters. The molecule has 0 fully saturated rings. The number of likely N-dealkylation sites (N-methyl/N-ethyl adjacent to an activating group) is 1. The van der Waals surface area contributed by atoms with Crippen LogP contribution in [0.4, 0.5) is 0 Å². The fourth-order valence-electron chi connectivity index (χ4n) is 3.87. The number of aliphatic imine (C=N–C) groups is 1. The number of halogens is 2. The summed E-state index contributed by atoms with van der Waals surface area (Å²) >= 11 is 14.5. The number of ether oxygens (including phenoxy) is 1. The zero-order valence-corrected chi connectivity index (χ0v) is 21.3. The van der Waals surface area contributed by atoms with Crippen molar-refractivity contribution in [1.29, 1.82) is 0 Å². The quantitative estimate of drug-likeness (QED) is 0.444. The van der Waals surface area contributed by atoms with Crippen molar-refractivity contribution in [3.63, 3.8) is 0 Å².